The molecular weight excluding hydrogens is 690 g/mol. The number of hydrogen-bond donors (Lipinski definition) is 4. The van der Waals surface area contributed by atoms with Crippen molar-refractivity contribution in [2.24, 2.45) is 23.7 Å². The average Bonchev–Trinajstić information content (AvgIpc) is 3.10. The Morgan fingerprint density at radius 3 is 2.28 bits per heavy atom. The van der Waals surface area contributed by atoms with Crippen molar-refractivity contribution in [2.75, 3.05) is 20.2 Å². The number of esters is 1. The monoisotopic (exact) mass is 751 g/mol. The molecule has 300 valence electrons. The highest BCUT2D eigenvalue weighted by Gasteiger charge is 2.53. The number of carbonyl (C=O) groups excluding carboxylic acids is 7. The van der Waals surface area contributed by atoms with Gasteiger partial charge in [0.05, 0.1) is 37.3 Å². The molecule has 1 unspecified atom stereocenters. The summed E-state index contributed by atoms with van der Waals surface area (Å²) < 4.78 is 17.2. The van der Waals surface area contributed by atoms with Crippen LogP contribution in [-0.2, 0) is 47.8 Å². The van der Waals surface area contributed by atoms with E-state index < -0.39 is 78.1 Å². The van der Waals surface area contributed by atoms with E-state index in [1.54, 1.807) is 20.8 Å². The van der Waals surface area contributed by atoms with Crippen LogP contribution < -0.4 is 10.6 Å². The molecule has 0 spiro atoms. The highest BCUT2D eigenvalue weighted by atomic mass is 16.6. The number of amides is 3. The molecule has 0 aromatic carbocycles. The number of nitrogens with zero attached hydrogens (tertiary/aromatic N) is 1. The highest BCUT2D eigenvalue weighted by molar-refractivity contribution is 6.39. The lowest BCUT2D eigenvalue weighted by atomic mass is 9.79. The van der Waals surface area contributed by atoms with Crippen LogP contribution in [0.4, 0.5) is 0 Å². The first-order valence-electron chi connectivity index (χ1n) is 19.1. The molecule has 1 saturated carbocycles. The smallest absolute Gasteiger partial charge is 0.329 e. The summed E-state index contributed by atoms with van der Waals surface area (Å²) in [6, 6.07) is -1.87. The van der Waals surface area contributed by atoms with Gasteiger partial charge in [-0.25, -0.2) is 4.79 Å². The molecule has 0 radical (unpaired) electrons. The van der Waals surface area contributed by atoms with Crippen molar-refractivity contribution >= 4 is 41.0 Å². The SMILES string of the molecule is CO[C@@H]1C[C@H](C[C@@H](C)[C@H](CC(=O)NCC(=O)N[C@H](C(C)=O)C(C)C)OC(=O)[C@@H]2CCCCN2C(=O)C(=O)C2(O)O[C@H](CC(C)=O)CC[C@H]2C)CC[C@H]1O. The Hall–Kier alpha value is -3.27. The molecule has 3 amide bonds. The molecule has 10 atom stereocenters. The maximum Gasteiger partial charge on any atom is 0.329 e. The number of Topliss-reactive ketones (excluding diaryl/α,β-unsaturated/α-hetero) is 3. The number of aliphatic hydroxyl groups is 2. The van der Waals surface area contributed by atoms with E-state index >= 15 is 0 Å². The van der Waals surface area contributed by atoms with Gasteiger partial charge in [0.15, 0.2) is 5.78 Å². The molecule has 0 aromatic heterocycles. The van der Waals surface area contributed by atoms with E-state index in [0.717, 1.165) is 4.90 Å². The van der Waals surface area contributed by atoms with Gasteiger partial charge in [0, 0.05) is 26.0 Å². The normalized spacial score (nSPS) is 29.4. The van der Waals surface area contributed by atoms with Gasteiger partial charge < -0.3 is 40.0 Å². The molecule has 53 heavy (non-hydrogen) atoms. The van der Waals surface area contributed by atoms with Gasteiger partial charge in [-0.15, -0.1) is 0 Å². The number of aliphatic hydroxyl groups excluding tert-OH is 1. The Balaban J connectivity index is 1.77. The van der Waals surface area contributed by atoms with Crippen LogP contribution in [0, 0.1) is 23.7 Å². The summed E-state index contributed by atoms with van der Waals surface area (Å²) in [7, 11) is 1.54. The van der Waals surface area contributed by atoms with Crippen LogP contribution in [0.1, 0.15) is 112 Å². The lowest BCUT2D eigenvalue weighted by Gasteiger charge is -2.42. The molecule has 2 saturated heterocycles. The minimum atomic E-state index is -2.46. The van der Waals surface area contributed by atoms with Crippen molar-refractivity contribution in [3.05, 3.63) is 0 Å². The van der Waals surface area contributed by atoms with Gasteiger partial charge >= 0.3 is 5.97 Å². The summed E-state index contributed by atoms with van der Waals surface area (Å²) in [6.45, 7) is 9.43. The molecule has 2 heterocycles. The number of methoxy groups -OCH3 is 1. The van der Waals surface area contributed by atoms with Crippen molar-refractivity contribution in [2.45, 2.75) is 154 Å². The fourth-order valence-corrected chi connectivity index (χ4v) is 7.83. The van der Waals surface area contributed by atoms with Gasteiger partial charge in [-0.05, 0) is 89.4 Å². The summed E-state index contributed by atoms with van der Waals surface area (Å²) in [5, 5.41) is 26.9. The molecule has 0 aromatic rings. The van der Waals surface area contributed by atoms with Crippen LogP contribution in [0.2, 0.25) is 0 Å². The second-order valence-electron chi connectivity index (χ2n) is 15.7. The molecule has 15 nitrogen and oxygen atoms in total. The van der Waals surface area contributed by atoms with E-state index in [1.165, 1.54) is 21.0 Å². The minimum Gasteiger partial charge on any atom is -0.460 e. The third kappa shape index (κ3) is 12.1. The summed E-state index contributed by atoms with van der Waals surface area (Å²) in [6.07, 6.45) is 1.42. The number of ether oxygens (including phenoxy) is 3. The molecule has 2 aliphatic heterocycles. The van der Waals surface area contributed by atoms with E-state index in [1.807, 2.05) is 6.92 Å². The molecule has 15 heteroatoms. The Morgan fingerprint density at radius 2 is 1.66 bits per heavy atom. The topological polar surface area (TPSA) is 215 Å². The summed E-state index contributed by atoms with van der Waals surface area (Å²) in [4.78, 5) is 91.9. The second kappa shape index (κ2) is 19.9. The van der Waals surface area contributed by atoms with Crippen molar-refractivity contribution in [1.82, 2.24) is 15.5 Å². The third-order valence-electron chi connectivity index (χ3n) is 11.0. The van der Waals surface area contributed by atoms with Gasteiger partial charge in [0.2, 0.25) is 17.6 Å². The molecule has 3 aliphatic rings. The van der Waals surface area contributed by atoms with Gasteiger partial charge in [0.1, 0.15) is 17.9 Å². The Morgan fingerprint density at radius 1 is 0.962 bits per heavy atom. The van der Waals surface area contributed by atoms with E-state index in [-0.39, 0.29) is 61.2 Å². The Labute approximate surface area is 312 Å². The predicted molar refractivity (Wildman–Crippen MR) is 191 cm³/mol. The first kappa shape index (κ1) is 44.1. The number of carbonyl (C=O) groups is 7. The Bertz CT molecular complexity index is 1340. The van der Waals surface area contributed by atoms with E-state index in [0.29, 0.717) is 51.4 Å². The van der Waals surface area contributed by atoms with Crippen molar-refractivity contribution in [1.29, 1.82) is 0 Å². The number of hydrogen-bond acceptors (Lipinski definition) is 12. The zero-order valence-corrected chi connectivity index (χ0v) is 32.4. The number of nitrogens with one attached hydrogen (secondary N) is 2. The van der Waals surface area contributed by atoms with Crippen LogP contribution in [0.3, 0.4) is 0 Å². The Kier molecular flexibility index (Phi) is 16.6. The van der Waals surface area contributed by atoms with Crippen LogP contribution in [0.15, 0.2) is 0 Å². The zero-order chi connectivity index (χ0) is 39.6. The van der Waals surface area contributed by atoms with Crippen LogP contribution in [-0.4, -0.2) is 119 Å². The average molecular weight is 752 g/mol. The maximum atomic E-state index is 13.9. The lowest BCUT2D eigenvalue weighted by Crippen LogP contribution is -2.60. The minimum absolute atomic E-state index is 0.0164. The number of piperidine rings is 1. The zero-order valence-electron chi connectivity index (χ0n) is 32.4. The summed E-state index contributed by atoms with van der Waals surface area (Å²) in [5.41, 5.74) is 0. The first-order valence-corrected chi connectivity index (χ1v) is 19.1. The first-order chi connectivity index (χ1) is 24.9. The quantitative estimate of drug-likeness (QED) is 0.124. The van der Waals surface area contributed by atoms with Gasteiger partial charge in [-0.3, -0.25) is 28.8 Å². The highest BCUT2D eigenvalue weighted by Crippen LogP contribution is 2.36. The van der Waals surface area contributed by atoms with E-state index in [2.05, 4.69) is 10.6 Å². The number of ketones is 3. The standard InChI is InChI=1S/C38H61N3O12/c1-21(2)34(25(6)43)40-33(46)20-39-32(45)19-30(22(3)16-26-12-14-29(44)31(18-26)51-7)52-37(49)28-10-8-9-15-41(28)36(48)35(47)38(50)23(4)11-13-27(53-38)17-24(5)42/h21-23,26-31,34,44,50H,8-20H2,1-7H3,(H,39,45)(H,40,46)/t22-,23-,26+,27+,28+,29-,30+,31-,34+,38?/m1/s1. The van der Waals surface area contributed by atoms with Crippen LogP contribution >= 0.6 is 0 Å². The summed E-state index contributed by atoms with van der Waals surface area (Å²) in [5.74, 6) is -8.24. The fourth-order valence-electron chi connectivity index (χ4n) is 7.83. The largest absolute Gasteiger partial charge is 0.460 e. The summed E-state index contributed by atoms with van der Waals surface area (Å²) >= 11 is 0. The molecular formula is C38H61N3O12. The third-order valence-corrected chi connectivity index (χ3v) is 11.0. The van der Waals surface area contributed by atoms with Gasteiger partial charge in [0.25, 0.3) is 11.7 Å². The maximum absolute atomic E-state index is 13.9. The fraction of sp³-hybridized carbons (Fsp3) is 0.816. The van der Waals surface area contributed by atoms with Gasteiger partial charge in [-0.1, -0.05) is 27.7 Å². The number of rotatable bonds is 17. The van der Waals surface area contributed by atoms with Crippen LogP contribution in [0.5, 0.6) is 0 Å². The number of likely N-dealkylation sites (tertiary alicyclic amines) is 1. The lowest BCUT2D eigenvalue weighted by molar-refractivity contribution is -0.262. The van der Waals surface area contributed by atoms with Crippen molar-refractivity contribution in [3.8, 4) is 0 Å². The van der Waals surface area contributed by atoms with E-state index in [9.17, 15) is 43.8 Å². The van der Waals surface area contributed by atoms with Crippen molar-refractivity contribution < 1.29 is 58.0 Å². The molecule has 0 bridgehead atoms. The van der Waals surface area contributed by atoms with Gasteiger partial charge in [-0.2, -0.15) is 0 Å². The molecule has 4 N–H and O–H groups in total. The van der Waals surface area contributed by atoms with E-state index in [4.69, 9.17) is 14.2 Å². The van der Waals surface area contributed by atoms with Crippen LogP contribution in [0.25, 0.3) is 0 Å². The molecule has 3 fully saturated rings. The molecule has 1 aliphatic carbocycles. The molecule has 3 rings (SSSR count). The second-order valence-corrected chi connectivity index (χ2v) is 15.7. The van der Waals surface area contributed by atoms with Crippen molar-refractivity contribution in [3.63, 3.8) is 0 Å². The predicted octanol–water partition coefficient (Wildman–Crippen LogP) is 1.77.